The highest BCUT2D eigenvalue weighted by Crippen LogP contribution is 2.15. The van der Waals surface area contributed by atoms with Crippen molar-refractivity contribution >= 4 is 39.8 Å². The molecule has 11 heteroatoms. The molecule has 168 valence electrons. The van der Waals surface area contributed by atoms with Crippen LogP contribution in [0.5, 0.6) is 0 Å². The van der Waals surface area contributed by atoms with E-state index in [2.05, 4.69) is 15.6 Å². The van der Waals surface area contributed by atoms with Gasteiger partial charge in [0.25, 0.3) is 0 Å². The van der Waals surface area contributed by atoms with Gasteiger partial charge in [-0.2, -0.15) is 13.2 Å². The van der Waals surface area contributed by atoms with Gasteiger partial charge in [0.05, 0.1) is 11.4 Å². The molecule has 0 aliphatic rings. The molecule has 0 unspecified atom stereocenters. The molecule has 0 saturated heterocycles. The number of alkyl halides is 3. The third kappa shape index (κ3) is 13.0. The Kier molecular flexibility index (Phi) is 12.8. The van der Waals surface area contributed by atoms with E-state index in [1.165, 1.54) is 18.2 Å². The Morgan fingerprint density at radius 2 is 1.79 bits per heavy atom. The maximum Gasteiger partial charge on any atom is 0.401 e. The molecule has 0 aliphatic carbocycles. The molecule has 2 N–H and O–H groups in total. The molecule has 0 aliphatic heterocycles. The number of nitrogens with zero attached hydrogens (tertiary/aromatic N) is 2. The molecule has 0 heterocycles. The van der Waals surface area contributed by atoms with Crippen molar-refractivity contribution in [1.82, 2.24) is 15.5 Å². The van der Waals surface area contributed by atoms with Gasteiger partial charge in [0.1, 0.15) is 0 Å². The van der Waals surface area contributed by atoms with Crippen LogP contribution >= 0.6 is 24.0 Å². The first-order valence-electron chi connectivity index (χ1n) is 9.07. The fourth-order valence-electron chi connectivity index (χ4n) is 2.49. The van der Waals surface area contributed by atoms with Crippen LogP contribution in [0.2, 0.25) is 0 Å². The Morgan fingerprint density at radius 3 is 2.31 bits per heavy atom. The third-order valence-electron chi connectivity index (χ3n) is 3.82. The summed E-state index contributed by atoms with van der Waals surface area (Å²) in [4.78, 5) is 5.89. The first-order valence-corrected chi connectivity index (χ1v) is 11.0. The number of halogens is 4. The van der Waals surface area contributed by atoms with Gasteiger partial charge in [-0.3, -0.25) is 9.89 Å². The number of nitrogens with one attached hydrogen (secondary N) is 2. The van der Waals surface area contributed by atoms with Crippen LogP contribution < -0.4 is 10.6 Å². The van der Waals surface area contributed by atoms with Gasteiger partial charge in [0.2, 0.25) is 0 Å². The van der Waals surface area contributed by atoms with Gasteiger partial charge < -0.3 is 10.6 Å². The molecule has 0 spiro atoms. The SMILES string of the molecule is CCNC(=NCCCN(C)CC(F)(F)F)NCCc1ccc(S(C)(=O)=O)cc1.I. The van der Waals surface area contributed by atoms with E-state index in [1.807, 2.05) is 6.92 Å². The van der Waals surface area contributed by atoms with Crippen LogP contribution in [-0.4, -0.2) is 71.5 Å². The Balaban J connectivity index is 0.00000784. The van der Waals surface area contributed by atoms with Crippen molar-refractivity contribution in [3.8, 4) is 0 Å². The summed E-state index contributed by atoms with van der Waals surface area (Å²) in [5.74, 6) is 0.605. The highest BCUT2D eigenvalue weighted by atomic mass is 127. The number of rotatable bonds is 10. The smallest absolute Gasteiger partial charge is 0.357 e. The minimum atomic E-state index is -4.19. The summed E-state index contributed by atoms with van der Waals surface area (Å²) in [5.41, 5.74) is 0.990. The maximum absolute atomic E-state index is 12.3. The van der Waals surface area contributed by atoms with Gasteiger partial charge in [0, 0.05) is 25.9 Å². The topological polar surface area (TPSA) is 73.8 Å². The lowest BCUT2D eigenvalue weighted by atomic mass is 10.1. The van der Waals surface area contributed by atoms with Gasteiger partial charge in [-0.05, 0) is 51.1 Å². The van der Waals surface area contributed by atoms with Crippen LogP contribution in [0.15, 0.2) is 34.2 Å². The van der Waals surface area contributed by atoms with Gasteiger partial charge >= 0.3 is 6.18 Å². The first kappa shape index (κ1) is 27.9. The number of hydrogen-bond acceptors (Lipinski definition) is 4. The van der Waals surface area contributed by atoms with Crippen molar-refractivity contribution in [3.05, 3.63) is 29.8 Å². The van der Waals surface area contributed by atoms with Crippen LogP contribution in [-0.2, 0) is 16.3 Å². The summed E-state index contributed by atoms with van der Waals surface area (Å²) in [6.07, 6.45) is -1.81. The summed E-state index contributed by atoms with van der Waals surface area (Å²) in [7, 11) is -1.76. The number of guanidine groups is 1. The second kappa shape index (κ2) is 13.3. The molecule has 0 atom stereocenters. The number of hydrogen-bond donors (Lipinski definition) is 2. The molecule has 0 saturated carbocycles. The van der Waals surface area contributed by atoms with E-state index in [0.29, 0.717) is 45.0 Å². The molecule has 0 fully saturated rings. The van der Waals surface area contributed by atoms with Crippen molar-refractivity contribution in [1.29, 1.82) is 0 Å². The van der Waals surface area contributed by atoms with E-state index >= 15 is 0 Å². The molecule has 6 nitrogen and oxygen atoms in total. The zero-order valence-electron chi connectivity index (χ0n) is 16.9. The monoisotopic (exact) mass is 550 g/mol. The Labute approximate surface area is 188 Å². The number of sulfone groups is 1. The quantitative estimate of drug-likeness (QED) is 0.203. The molecular weight excluding hydrogens is 520 g/mol. The van der Waals surface area contributed by atoms with E-state index < -0.39 is 22.6 Å². The molecule has 0 amide bonds. The summed E-state index contributed by atoms with van der Waals surface area (Å²) >= 11 is 0. The van der Waals surface area contributed by atoms with E-state index in [9.17, 15) is 21.6 Å². The molecule has 0 radical (unpaired) electrons. The minimum Gasteiger partial charge on any atom is -0.357 e. The average Bonchev–Trinajstić information content (AvgIpc) is 2.56. The van der Waals surface area contributed by atoms with E-state index in [0.717, 1.165) is 5.56 Å². The Bertz CT molecular complexity index is 726. The second-order valence-electron chi connectivity index (χ2n) is 6.56. The molecule has 29 heavy (non-hydrogen) atoms. The van der Waals surface area contributed by atoms with E-state index in [1.54, 1.807) is 24.3 Å². The zero-order valence-corrected chi connectivity index (χ0v) is 20.1. The number of aliphatic imine (C=N–C) groups is 1. The molecule has 1 aromatic carbocycles. The molecule has 0 aromatic heterocycles. The Morgan fingerprint density at radius 1 is 1.17 bits per heavy atom. The van der Waals surface area contributed by atoms with Gasteiger partial charge in [-0.25, -0.2) is 8.42 Å². The summed E-state index contributed by atoms with van der Waals surface area (Å²) in [6.45, 7) is 3.00. The zero-order chi connectivity index (χ0) is 21.2. The van der Waals surface area contributed by atoms with Crippen molar-refractivity contribution < 1.29 is 21.6 Å². The van der Waals surface area contributed by atoms with Gasteiger partial charge in [-0.15, -0.1) is 24.0 Å². The lowest BCUT2D eigenvalue weighted by Gasteiger charge is -2.18. The number of benzene rings is 1. The summed E-state index contributed by atoms with van der Waals surface area (Å²) in [6, 6.07) is 6.72. The average molecular weight is 550 g/mol. The summed E-state index contributed by atoms with van der Waals surface area (Å²) < 4.78 is 59.8. The first-order chi connectivity index (χ1) is 13.0. The van der Waals surface area contributed by atoms with E-state index in [-0.39, 0.29) is 28.9 Å². The largest absolute Gasteiger partial charge is 0.401 e. The third-order valence-corrected chi connectivity index (χ3v) is 4.95. The summed E-state index contributed by atoms with van der Waals surface area (Å²) in [5, 5.41) is 6.26. The standard InChI is InChI=1S/C18H29F3N4O2S.HI/c1-4-22-17(23-11-5-13-25(2)14-18(19,20)21)24-12-10-15-6-8-16(9-7-15)28(3,26)27;/h6-9H,4-5,10-14H2,1-3H3,(H2,22,23,24);1H. The molecule has 1 aromatic rings. The van der Waals surface area contributed by atoms with Crippen molar-refractivity contribution in [2.75, 3.05) is 46.0 Å². The van der Waals surface area contributed by atoms with Crippen LogP contribution in [0.3, 0.4) is 0 Å². The van der Waals surface area contributed by atoms with Gasteiger partial charge in [-0.1, -0.05) is 12.1 Å². The van der Waals surface area contributed by atoms with Crippen molar-refractivity contribution in [3.63, 3.8) is 0 Å². The highest BCUT2D eigenvalue weighted by Gasteiger charge is 2.28. The van der Waals surface area contributed by atoms with Crippen LogP contribution in [0.4, 0.5) is 13.2 Å². The second-order valence-corrected chi connectivity index (χ2v) is 8.58. The lowest BCUT2D eigenvalue weighted by Crippen LogP contribution is -2.38. The maximum atomic E-state index is 12.3. The predicted octanol–water partition coefficient (Wildman–Crippen LogP) is 2.69. The predicted molar refractivity (Wildman–Crippen MR) is 121 cm³/mol. The van der Waals surface area contributed by atoms with Crippen LogP contribution in [0.1, 0.15) is 18.9 Å². The lowest BCUT2D eigenvalue weighted by molar-refractivity contribution is -0.143. The van der Waals surface area contributed by atoms with E-state index in [4.69, 9.17) is 0 Å². The van der Waals surface area contributed by atoms with Crippen molar-refractivity contribution in [2.24, 2.45) is 4.99 Å². The van der Waals surface area contributed by atoms with Crippen LogP contribution in [0, 0.1) is 0 Å². The van der Waals surface area contributed by atoms with Gasteiger partial charge in [0.15, 0.2) is 15.8 Å². The fourth-order valence-corrected chi connectivity index (χ4v) is 3.12. The fraction of sp³-hybridized carbons (Fsp3) is 0.611. The molecular formula is C18H30F3IN4O2S. The highest BCUT2D eigenvalue weighted by molar-refractivity contribution is 14.0. The molecule has 1 rings (SSSR count). The Hall–Kier alpha value is -1.08. The van der Waals surface area contributed by atoms with Crippen LogP contribution in [0.25, 0.3) is 0 Å². The normalized spacial score (nSPS) is 12.6. The molecule has 0 bridgehead atoms. The minimum absolute atomic E-state index is 0. The van der Waals surface area contributed by atoms with Crippen molar-refractivity contribution in [2.45, 2.75) is 30.8 Å².